The van der Waals surface area contributed by atoms with Crippen molar-refractivity contribution in [2.45, 2.75) is 19.8 Å². The quantitative estimate of drug-likeness (QED) is 0.489. The number of hydrogen-bond donors (Lipinski definition) is 1. The van der Waals surface area contributed by atoms with Gasteiger partial charge >= 0.3 is 5.97 Å². The van der Waals surface area contributed by atoms with Gasteiger partial charge in [-0.3, -0.25) is 10.1 Å². The van der Waals surface area contributed by atoms with Crippen molar-refractivity contribution in [3.8, 4) is 0 Å². The normalized spacial score (nSPS) is 16.4. The Morgan fingerprint density at radius 2 is 1.93 bits per heavy atom. The molecule has 0 amide bonds. The monoisotopic (exact) mass is 364 g/mol. The number of esters is 1. The molecule has 0 bridgehead atoms. The predicted octanol–water partition coefficient (Wildman–Crippen LogP) is 4.16. The Morgan fingerprint density at radius 1 is 1.19 bits per heavy atom. The summed E-state index contributed by atoms with van der Waals surface area (Å²) in [5.41, 5.74) is 3.60. The summed E-state index contributed by atoms with van der Waals surface area (Å²) in [5.74, 6) is -0.872. The van der Waals surface area contributed by atoms with E-state index in [2.05, 4.69) is 5.32 Å². The highest BCUT2D eigenvalue weighted by Gasteiger charge is 2.30. The van der Waals surface area contributed by atoms with Crippen LogP contribution in [0.25, 0.3) is 5.70 Å². The van der Waals surface area contributed by atoms with E-state index in [9.17, 15) is 14.9 Å². The van der Waals surface area contributed by atoms with Crippen LogP contribution in [-0.4, -0.2) is 17.5 Å². The highest BCUT2D eigenvalue weighted by atomic mass is 16.6. The molecule has 1 atom stereocenters. The van der Waals surface area contributed by atoms with Crippen LogP contribution in [0.4, 0.5) is 5.69 Å². The second kappa shape index (κ2) is 7.86. The Bertz CT molecular complexity index is 932. The number of hydrogen-bond acceptors (Lipinski definition) is 5. The van der Waals surface area contributed by atoms with Gasteiger partial charge in [-0.1, -0.05) is 42.5 Å². The van der Waals surface area contributed by atoms with E-state index in [4.69, 9.17) is 4.74 Å². The molecular formula is C21H20N2O4. The second-order valence-corrected chi connectivity index (χ2v) is 6.16. The average molecular weight is 364 g/mol. The number of carbonyl (C=O) groups is 1. The fourth-order valence-electron chi connectivity index (χ4n) is 3.16. The Morgan fingerprint density at radius 3 is 2.59 bits per heavy atom. The number of allylic oxidation sites excluding steroid dienone is 2. The third-order valence-corrected chi connectivity index (χ3v) is 4.39. The molecular weight excluding hydrogens is 344 g/mol. The number of benzene rings is 2. The van der Waals surface area contributed by atoms with Gasteiger partial charge < -0.3 is 10.1 Å². The summed E-state index contributed by atoms with van der Waals surface area (Å²) in [6.45, 7) is 3.82. The number of nitro benzene ring substituents is 1. The van der Waals surface area contributed by atoms with E-state index < -0.39 is 16.8 Å². The fourth-order valence-corrected chi connectivity index (χ4v) is 3.16. The maximum atomic E-state index is 12.6. The van der Waals surface area contributed by atoms with Crippen molar-refractivity contribution in [1.29, 1.82) is 0 Å². The SMILES string of the molecule is CCOC(=O)C1=C(C)NC(c2ccccc2)=CC1c1cccc([N+](=O)[O-])c1. The summed E-state index contributed by atoms with van der Waals surface area (Å²) in [7, 11) is 0. The topological polar surface area (TPSA) is 81.5 Å². The molecule has 6 nitrogen and oxygen atoms in total. The zero-order valence-electron chi connectivity index (χ0n) is 15.1. The summed E-state index contributed by atoms with van der Waals surface area (Å²) >= 11 is 0. The molecule has 0 radical (unpaired) electrons. The van der Waals surface area contributed by atoms with Gasteiger partial charge in [0, 0.05) is 29.4 Å². The number of nitrogens with zero attached hydrogens (tertiary/aromatic N) is 1. The van der Waals surface area contributed by atoms with Crippen molar-refractivity contribution in [2.24, 2.45) is 0 Å². The molecule has 6 heteroatoms. The largest absolute Gasteiger partial charge is 0.463 e. The van der Waals surface area contributed by atoms with Crippen molar-refractivity contribution in [2.75, 3.05) is 6.61 Å². The molecule has 1 heterocycles. The standard InChI is InChI=1S/C21H20N2O4/c1-3-27-21(24)20-14(2)22-19(15-8-5-4-6-9-15)13-18(20)16-10-7-11-17(12-16)23(25)26/h4-13,18,22H,3H2,1-2H3. The van der Waals surface area contributed by atoms with E-state index in [0.29, 0.717) is 16.8 Å². The maximum absolute atomic E-state index is 12.6. The molecule has 2 aromatic carbocycles. The minimum Gasteiger partial charge on any atom is -0.463 e. The highest BCUT2D eigenvalue weighted by Crippen LogP contribution is 2.36. The molecule has 0 saturated heterocycles. The van der Waals surface area contributed by atoms with E-state index in [0.717, 1.165) is 11.3 Å². The lowest BCUT2D eigenvalue weighted by Gasteiger charge is -2.27. The zero-order valence-corrected chi connectivity index (χ0v) is 15.1. The van der Waals surface area contributed by atoms with Gasteiger partial charge in [0.2, 0.25) is 0 Å². The minimum atomic E-state index is -0.444. The molecule has 0 spiro atoms. The molecule has 1 unspecified atom stereocenters. The fraction of sp³-hybridized carbons (Fsp3) is 0.190. The summed E-state index contributed by atoms with van der Waals surface area (Å²) < 4.78 is 5.22. The lowest BCUT2D eigenvalue weighted by molar-refractivity contribution is -0.384. The first kappa shape index (κ1) is 18.4. The first-order valence-electron chi connectivity index (χ1n) is 8.67. The van der Waals surface area contributed by atoms with Crippen molar-refractivity contribution >= 4 is 17.4 Å². The van der Waals surface area contributed by atoms with Crippen LogP contribution in [0.2, 0.25) is 0 Å². The van der Waals surface area contributed by atoms with Gasteiger partial charge in [-0.05, 0) is 31.1 Å². The van der Waals surface area contributed by atoms with Crippen LogP contribution in [0.5, 0.6) is 0 Å². The molecule has 1 N–H and O–H groups in total. The first-order valence-corrected chi connectivity index (χ1v) is 8.67. The molecule has 2 aromatic rings. The number of rotatable bonds is 5. The lowest BCUT2D eigenvalue weighted by Crippen LogP contribution is -2.26. The second-order valence-electron chi connectivity index (χ2n) is 6.16. The van der Waals surface area contributed by atoms with E-state index in [1.165, 1.54) is 12.1 Å². The highest BCUT2D eigenvalue weighted by molar-refractivity contribution is 5.93. The molecule has 1 aliphatic heterocycles. The van der Waals surface area contributed by atoms with Gasteiger partial charge in [0.15, 0.2) is 0 Å². The van der Waals surface area contributed by atoms with E-state index in [1.807, 2.05) is 43.3 Å². The Balaban J connectivity index is 2.11. The van der Waals surface area contributed by atoms with E-state index >= 15 is 0 Å². The maximum Gasteiger partial charge on any atom is 0.336 e. The number of dihydropyridines is 1. The van der Waals surface area contributed by atoms with Crippen LogP contribution in [0.3, 0.4) is 0 Å². The number of non-ortho nitro benzene ring substituents is 1. The predicted molar refractivity (Wildman–Crippen MR) is 103 cm³/mol. The van der Waals surface area contributed by atoms with Crippen molar-refractivity contribution in [3.63, 3.8) is 0 Å². The van der Waals surface area contributed by atoms with Crippen LogP contribution < -0.4 is 5.32 Å². The Hall–Kier alpha value is -3.41. The smallest absolute Gasteiger partial charge is 0.336 e. The van der Waals surface area contributed by atoms with E-state index in [1.54, 1.807) is 19.1 Å². The van der Waals surface area contributed by atoms with Crippen LogP contribution >= 0.6 is 0 Å². The van der Waals surface area contributed by atoms with Gasteiger partial charge in [0.05, 0.1) is 17.1 Å². The number of ether oxygens (including phenoxy) is 1. The first-order chi connectivity index (χ1) is 13.0. The average Bonchev–Trinajstić information content (AvgIpc) is 2.68. The van der Waals surface area contributed by atoms with Crippen LogP contribution in [-0.2, 0) is 9.53 Å². The minimum absolute atomic E-state index is 0.0124. The molecule has 0 aromatic heterocycles. The van der Waals surface area contributed by atoms with Crippen LogP contribution in [0.15, 0.2) is 71.9 Å². The van der Waals surface area contributed by atoms with Gasteiger partial charge in [0.1, 0.15) is 0 Å². The molecule has 138 valence electrons. The Kier molecular flexibility index (Phi) is 5.35. The zero-order chi connectivity index (χ0) is 19.4. The lowest BCUT2D eigenvalue weighted by atomic mass is 9.85. The number of carbonyl (C=O) groups excluding carboxylic acids is 1. The third kappa shape index (κ3) is 3.89. The third-order valence-electron chi connectivity index (χ3n) is 4.39. The summed E-state index contributed by atoms with van der Waals surface area (Å²) in [5, 5.41) is 14.4. The molecule has 1 aliphatic rings. The summed E-state index contributed by atoms with van der Waals surface area (Å²) in [4.78, 5) is 23.3. The van der Waals surface area contributed by atoms with Crippen molar-refractivity contribution < 1.29 is 14.5 Å². The van der Waals surface area contributed by atoms with Gasteiger partial charge in [0.25, 0.3) is 5.69 Å². The molecule has 0 aliphatic carbocycles. The van der Waals surface area contributed by atoms with Crippen molar-refractivity contribution in [1.82, 2.24) is 5.32 Å². The molecule has 3 rings (SSSR count). The number of nitro groups is 1. The molecule has 27 heavy (non-hydrogen) atoms. The summed E-state index contributed by atoms with van der Waals surface area (Å²) in [6, 6.07) is 16.1. The summed E-state index contributed by atoms with van der Waals surface area (Å²) in [6.07, 6.45) is 1.91. The van der Waals surface area contributed by atoms with Crippen LogP contribution in [0, 0.1) is 10.1 Å². The molecule has 0 saturated carbocycles. The van der Waals surface area contributed by atoms with Gasteiger partial charge in [-0.15, -0.1) is 0 Å². The van der Waals surface area contributed by atoms with Gasteiger partial charge in [-0.25, -0.2) is 4.79 Å². The Labute approximate surface area is 157 Å². The molecule has 0 fully saturated rings. The van der Waals surface area contributed by atoms with E-state index in [-0.39, 0.29) is 12.3 Å². The van der Waals surface area contributed by atoms with Crippen molar-refractivity contribution in [3.05, 3.63) is 93.2 Å². The van der Waals surface area contributed by atoms with Crippen LogP contribution in [0.1, 0.15) is 30.9 Å². The number of nitrogens with one attached hydrogen (secondary N) is 1. The van der Waals surface area contributed by atoms with Gasteiger partial charge in [-0.2, -0.15) is 0 Å².